The van der Waals surface area contributed by atoms with Crippen molar-refractivity contribution in [2.24, 2.45) is 5.41 Å². The molecule has 3 nitrogen and oxygen atoms in total. The molecule has 0 aliphatic carbocycles. The van der Waals surface area contributed by atoms with Gasteiger partial charge in [0.1, 0.15) is 0 Å². The fourth-order valence-electron chi connectivity index (χ4n) is 2.50. The number of carboxylic acids is 1. The van der Waals surface area contributed by atoms with Gasteiger partial charge in [-0.05, 0) is 44.2 Å². The van der Waals surface area contributed by atoms with Gasteiger partial charge in [-0.25, -0.2) is 0 Å². The van der Waals surface area contributed by atoms with Gasteiger partial charge in [-0.15, -0.1) is 11.3 Å². The highest BCUT2D eigenvalue weighted by molar-refractivity contribution is 7.10. The normalized spacial score (nSPS) is 18.8. The van der Waals surface area contributed by atoms with Crippen molar-refractivity contribution >= 4 is 17.3 Å². The molecule has 0 spiro atoms. The summed E-state index contributed by atoms with van der Waals surface area (Å²) in [7, 11) is 0. The van der Waals surface area contributed by atoms with E-state index in [4.69, 9.17) is 4.74 Å². The molecule has 0 amide bonds. The van der Waals surface area contributed by atoms with E-state index in [1.165, 1.54) is 10.4 Å². The zero-order chi connectivity index (χ0) is 12.7. The Morgan fingerprint density at radius 2 is 2.24 bits per heavy atom. The van der Waals surface area contributed by atoms with Crippen molar-refractivity contribution in [2.45, 2.75) is 32.6 Å². The fraction of sp³-hybridized carbons (Fsp3) is 0.615. The van der Waals surface area contributed by atoms with Gasteiger partial charge in [-0.3, -0.25) is 4.79 Å². The van der Waals surface area contributed by atoms with E-state index >= 15 is 0 Å². The van der Waals surface area contributed by atoms with Crippen molar-refractivity contribution in [2.75, 3.05) is 13.2 Å². The van der Waals surface area contributed by atoms with Gasteiger partial charge in [-0.1, -0.05) is 0 Å². The summed E-state index contributed by atoms with van der Waals surface area (Å²) in [4.78, 5) is 12.5. The minimum Gasteiger partial charge on any atom is -0.481 e. The van der Waals surface area contributed by atoms with Crippen molar-refractivity contribution < 1.29 is 14.6 Å². The van der Waals surface area contributed by atoms with Crippen LogP contribution in [0.4, 0.5) is 0 Å². The van der Waals surface area contributed by atoms with E-state index in [0.29, 0.717) is 19.6 Å². The third kappa shape index (κ3) is 2.11. The predicted octanol–water partition coefficient (Wildman–Crippen LogP) is 2.83. The van der Waals surface area contributed by atoms with Crippen molar-refractivity contribution in [1.82, 2.24) is 0 Å². The number of hydrogen-bond acceptors (Lipinski definition) is 3. The molecule has 1 N–H and O–H groups in total. The molecular weight excluding hydrogens is 236 g/mol. The van der Waals surface area contributed by atoms with Gasteiger partial charge in [0, 0.05) is 4.88 Å². The SMILES string of the molecule is Cc1ccsc1C1(CC(C)(C)C(=O)O)COC1. The molecule has 1 aromatic heterocycles. The van der Waals surface area contributed by atoms with Gasteiger partial charge in [-0.2, -0.15) is 0 Å². The maximum absolute atomic E-state index is 11.3. The second kappa shape index (κ2) is 4.10. The summed E-state index contributed by atoms with van der Waals surface area (Å²) in [6.45, 7) is 6.95. The topological polar surface area (TPSA) is 46.5 Å². The zero-order valence-electron chi connectivity index (χ0n) is 10.4. The lowest BCUT2D eigenvalue weighted by atomic mass is 9.70. The molecule has 1 fully saturated rings. The van der Waals surface area contributed by atoms with Crippen LogP contribution in [0.3, 0.4) is 0 Å². The van der Waals surface area contributed by atoms with Crippen LogP contribution in [0.5, 0.6) is 0 Å². The van der Waals surface area contributed by atoms with Gasteiger partial charge in [0.25, 0.3) is 0 Å². The van der Waals surface area contributed by atoms with E-state index in [2.05, 4.69) is 18.4 Å². The fourth-order valence-corrected chi connectivity index (χ4v) is 3.60. The Morgan fingerprint density at radius 1 is 1.59 bits per heavy atom. The lowest BCUT2D eigenvalue weighted by molar-refractivity contribution is -0.152. The molecule has 1 aromatic rings. The Morgan fingerprint density at radius 3 is 2.59 bits per heavy atom. The minimum atomic E-state index is -0.738. The predicted molar refractivity (Wildman–Crippen MR) is 67.6 cm³/mol. The maximum atomic E-state index is 11.3. The number of carbonyl (C=O) groups is 1. The Kier molecular flexibility index (Phi) is 3.04. The smallest absolute Gasteiger partial charge is 0.309 e. The molecule has 0 aromatic carbocycles. The molecule has 0 radical (unpaired) electrons. The summed E-state index contributed by atoms with van der Waals surface area (Å²) < 4.78 is 5.36. The van der Waals surface area contributed by atoms with Crippen LogP contribution < -0.4 is 0 Å². The first-order chi connectivity index (χ1) is 7.87. The number of carboxylic acid groups (broad SMARTS) is 1. The van der Waals surface area contributed by atoms with Gasteiger partial charge in [0.05, 0.1) is 24.0 Å². The molecule has 2 heterocycles. The first-order valence-electron chi connectivity index (χ1n) is 5.73. The largest absolute Gasteiger partial charge is 0.481 e. The molecule has 4 heteroatoms. The monoisotopic (exact) mass is 254 g/mol. The third-order valence-electron chi connectivity index (χ3n) is 3.46. The number of thiophene rings is 1. The van der Waals surface area contributed by atoms with Crippen molar-refractivity contribution in [3.05, 3.63) is 21.9 Å². The van der Waals surface area contributed by atoms with Crippen molar-refractivity contribution in [1.29, 1.82) is 0 Å². The maximum Gasteiger partial charge on any atom is 0.309 e. The van der Waals surface area contributed by atoms with Crippen LogP contribution in [0, 0.1) is 12.3 Å². The third-order valence-corrected chi connectivity index (χ3v) is 4.72. The molecule has 2 rings (SSSR count). The van der Waals surface area contributed by atoms with E-state index in [1.807, 2.05) is 0 Å². The average molecular weight is 254 g/mol. The Bertz CT molecular complexity index is 430. The van der Waals surface area contributed by atoms with Crippen LogP contribution in [0.2, 0.25) is 0 Å². The molecule has 94 valence electrons. The Hall–Kier alpha value is -0.870. The summed E-state index contributed by atoms with van der Waals surface area (Å²) >= 11 is 1.71. The summed E-state index contributed by atoms with van der Waals surface area (Å²) in [6, 6.07) is 2.09. The molecule has 0 atom stereocenters. The number of aryl methyl sites for hydroxylation is 1. The van der Waals surface area contributed by atoms with Crippen LogP contribution in [0.1, 0.15) is 30.7 Å². The molecule has 0 unspecified atom stereocenters. The second-order valence-electron chi connectivity index (χ2n) is 5.57. The van der Waals surface area contributed by atoms with Crippen LogP contribution in [-0.2, 0) is 14.9 Å². The molecule has 0 bridgehead atoms. The Labute approximate surface area is 105 Å². The highest BCUT2D eigenvalue weighted by atomic mass is 32.1. The van der Waals surface area contributed by atoms with Gasteiger partial charge >= 0.3 is 5.97 Å². The first-order valence-corrected chi connectivity index (χ1v) is 6.61. The number of ether oxygens (including phenoxy) is 1. The molecule has 1 aliphatic heterocycles. The first kappa shape index (κ1) is 12.6. The van der Waals surface area contributed by atoms with Gasteiger partial charge in [0.15, 0.2) is 0 Å². The van der Waals surface area contributed by atoms with Crippen LogP contribution in [-0.4, -0.2) is 24.3 Å². The highest BCUT2D eigenvalue weighted by Gasteiger charge is 2.48. The average Bonchev–Trinajstić information content (AvgIpc) is 2.58. The summed E-state index contributed by atoms with van der Waals surface area (Å²) in [5.41, 5.74) is 0.458. The molecule has 1 aliphatic rings. The van der Waals surface area contributed by atoms with Gasteiger partial charge < -0.3 is 9.84 Å². The second-order valence-corrected chi connectivity index (χ2v) is 6.49. The van der Waals surface area contributed by atoms with Crippen LogP contribution >= 0.6 is 11.3 Å². The highest BCUT2D eigenvalue weighted by Crippen LogP contribution is 2.45. The quantitative estimate of drug-likeness (QED) is 0.898. The van der Waals surface area contributed by atoms with E-state index in [1.54, 1.807) is 25.2 Å². The molecule has 17 heavy (non-hydrogen) atoms. The standard InChI is InChI=1S/C13H18O3S/c1-9-4-5-17-10(9)13(7-16-8-13)6-12(2,3)11(14)15/h4-5H,6-8H2,1-3H3,(H,14,15). The molecule has 1 saturated heterocycles. The van der Waals surface area contributed by atoms with Crippen LogP contribution in [0.15, 0.2) is 11.4 Å². The van der Waals surface area contributed by atoms with E-state index in [9.17, 15) is 9.90 Å². The summed E-state index contributed by atoms with van der Waals surface area (Å²) in [5, 5.41) is 11.3. The summed E-state index contributed by atoms with van der Waals surface area (Å²) in [6.07, 6.45) is 0.636. The van der Waals surface area contributed by atoms with Gasteiger partial charge in [0.2, 0.25) is 0 Å². The van der Waals surface area contributed by atoms with E-state index in [-0.39, 0.29) is 5.41 Å². The lowest BCUT2D eigenvalue weighted by Gasteiger charge is -2.44. The van der Waals surface area contributed by atoms with Crippen molar-refractivity contribution in [3.8, 4) is 0 Å². The van der Waals surface area contributed by atoms with E-state index < -0.39 is 11.4 Å². The zero-order valence-corrected chi connectivity index (χ0v) is 11.3. The number of aliphatic carboxylic acids is 1. The minimum absolute atomic E-state index is 0.0832. The van der Waals surface area contributed by atoms with E-state index in [0.717, 1.165) is 0 Å². The van der Waals surface area contributed by atoms with Crippen molar-refractivity contribution in [3.63, 3.8) is 0 Å². The number of rotatable bonds is 4. The summed E-state index contributed by atoms with van der Waals surface area (Å²) in [5.74, 6) is -0.738. The Balaban J connectivity index is 2.28. The molecular formula is C13H18O3S. The lowest BCUT2D eigenvalue weighted by Crippen LogP contribution is -2.50. The van der Waals surface area contributed by atoms with Crippen LogP contribution in [0.25, 0.3) is 0 Å². The molecule has 0 saturated carbocycles. The number of hydrogen-bond donors (Lipinski definition) is 1.